The van der Waals surface area contributed by atoms with Crippen LogP contribution in [0.1, 0.15) is 59.6 Å². The third kappa shape index (κ3) is 15.2. The van der Waals surface area contributed by atoms with Crippen LogP contribution < -0.4 is 34.1 Å². The number of ether oxygens (including phenoxy) is 4. The molecule has 0 aromatic heterocycles. The number of aliphatic hydroxyl groups excluding tert-OH is 1. The van der Waals surface area contributed by atoms with Crippen LogP contribution in [-0.4, -0.2) is 82.1 Å². The number of primary amides is 1. The molecule has 0 spiro atoms. The van der Waals surface area contributed by atoms with Crippen molar-refractivity contribution in [1.82, 2.24) is 5.48 Å². The number of esters is 4. The van der Waals surface area contributed by atoms with Gasteiger partial charge in [-0.1, -0.05) is 208 Å². The molecule has 422 valence electrons. The third-order valence-corrected chi connectivity index (χ3v) is 14.1. The number of nitrogens with two attached hydrogens (primary N) is 5. The van der Waals surface area contributed by atoms with E-state index in [2.05, 4.69) is 5.48 Å². The van der Waals surface area contributed by atoms with Crippen molar-refractivity contribution >= 4 is 46.5 Å². The van der Waals surface area contributed by atoms with Gasteiger partial charge in [-0.2, -0.15) is 0 Å². The fourth-order valence-corrected chi connectivity index (χ4v) is 9.31. The predicted octanol–water partition coefficient (Wildman–Crippen LogP) is 5.28. The molecule has 0 aliphatic carbocycles. The molecule has 1 amide bonds. The smallest absolute Gasteiger partial charge is 0.454 e. The van der Waals surface area contributed by atoms with Crippen molar-refractivity contribution in [3.8, 4) is 0 Å². The number of hydrogen-bond donors (Lipinski definition) is 7. The lowest BCUT2D eigenvalue weighted by molar-refractivity contribution is -0.349. The highest BCUT2D eigenvalue weighted by Gasteiger charge is 2.62. The molecule has 7 unspecified atom stereocenters. The van der Waals surface area contributed by atoms with Gasteiger partial charge in [0.15, 0.2) is 0 Å². The standard InChI is InChI=1S/C63H68N6O12/c1-42(2)62(68,38-46-27-14-6-15-28-46)59(76)80-63(79-57(74)60(66,39-52(64)71)36-44-23-10-4-11-24-44,78-55(72)53(65)51(35-43-21-8-3-9-22-43)50-34-20-32-48-31-18-19-33-49(48)50)54(56(73)77-40-47-29-16-7-17-30-47)69-81-58(75)61(67,41-70)37-45-25-12-5-13-26-45/h3-34,42,51,53-54,69-70H,35-41,65-68H2,1-2H3,(H2,64,71). The van der Waals surface area contributed by atoms with Crippen molar-refractivity contribution in [2.45, 2.75) is 93.1 Å². The summed E-state index contributed by atoms with van der Waals surface area (Å²) in [5, 5.41) is 12.2. The quantitative estimate of drug-likeness (QED) is 0.0149. The Morgan fingerprint density at radius 3 is 1.53 bits per heavy atom. The number of rotatable bonds is 27. The largest absolute Gasteiger partial charge is 0.459 e. The van der Waals surface area contributed by atoms with Gasteiger partial charge in [-0.15, -0.1) is 5.48 Å². The SMILES string of the molecule is CC(C)C(N)(Cc1ccccc1)C(=O)OC(OC(=O)C(N)C(Cc1ccccc1)c1cccc2ccccc12)(OC(=O)C(N)(CC(N)=O)Cc1ccccc1)C(NOC(=O)C(N)(CO)Cc1ccccc1)C(=O)OCc1ccccc1. The van der Waals surface area contributed by atoms with E-state index < -0.39 is 108 Å². The highest BCUT2D eigenvalue weighted by Crippen LogP contribution is 2.36. The van der Waals surface area contributed by atoms with Crippen LogP contribution in [-0.2, 0) is 84.8 Å². The summed E-state index contributed by atoms with van der Waals surface area (Å²) < 4.78 is 24.7. The number of nitrogens with one attached hydrogen (secondary N) is 1. The summed E-state index contributed by atoms with van der Waals surface area (Å²) in [7, 11) is 0. The van der Waals surface area contributed by atoms with Crippen molar-refractivity contribution in [1.29, 1.82) is 0 Å². The lowest BCUT2D eigenvalue weighted by Crippen LogP contribution is -2.69. The summed E-state index contributed by atoms with van der Waals surface area (Å²) >= 11 is 0. The van der Waals surface area contributed by atoms with Gasteiger partial charge in [-0.3, -0.25) is 9.59 Å². The van der Waals surface area contributed by atoms with Crippen molar-refractivity contribution in [2.24, 2.45) is 34.6 Å². The Hall–Kier alpha value is -8.62. The van der Waals surface area contributed by atoms with Crippen LogP contribution in [0.3, 0.4) is 0 Å². The summed E-state index contributed by atoms with van der Waals surface area (Å²) in [6.07, 6.45) is -1.90. The van der Waals surface area contributed by atoms with Crippen LogP contribution in [0, 0.1) is 5.92 Å². The minimum atomic E-state index is -3.86. The monoisotopic (exact) mass is 1100 g/mol. The molecule has 7 aromatic carbocycles. The second-order valence-electron chi connectivity index (χ2n) is 20.5. The average molecular weight is 1100 g/mol. The van der Waals surface area contributed by atoms with Crippen molar-refractivity contribution < 1.29 is 57.7 Å². The number of aliphatic hydroxyl groups is 1. The van der Waals surface area contributed by atoms with Gasteiger partial charge in [-0.05, 0) is 56.5 Å². The summed E-state index contributed by atoms with van der Waals surface area (Å²) in [6, 6.07) is 50.7. The number of benzene rings is 7. The first-order valence-electron chi connectivity index (χ1n) is 26.3. The first-order chi connectivity index (χ1) is 38.8. The van der Waals surface area contributed by atoms with Gasteiger partial charge in [0, 0.05) is 25.2 Å². The normalized spacial score (nSPS) is 15.5. The zero-order valence-corrected chi connectivity index (χ0v) is 45.1. The van der Waals surface area contributed by atoms with E-state index in [1.165, 1.54) is 0 Å². The Balaban J connectivity index is 1.46. The van der Waals surface area contributed by atoms with E-state index in [0.717, 1.165) is 10.9 Å². The van der Waals surface area contributed by atoms with Crippen LogP contribution >= 0.6 is 0 Å². The average Bonchev–Trinajstić information content (AvgIpc) is 3.63. The van der Waals surface area contributed by atoms with Crippen molar-refractivity contribution in [3.05, 3.63) is 228 Å². The summed E-state index contributed by atoms with van der Waals surface area (Å²) in [6.45, 7) is 1.65. The third-order valence-electron chi connectivity index (χ3n) is 14.1. The summed E-state index contributed by atoms with van der Waals surface area (Å²) in [4.78, 5) is 95.1. The Morgan fingerprint density at radius 2 is 1.00 bits per heavy atom. The first kappa shape index (κ1) is 60.0. The second kappa shape index (κ2) is 27.0. The molecule has 7 atom stereocenters. The molecule has 12 N–H and O–H groups in total. The highest BCUT2D eigenvalue weighted by molar-refractivity contribution is 5.91. The maximum absolute atomic E-state index is 15.7. The zero-order chi connectivity index (χ0) is 58.2. The fraction of sp³-hybridized carbons (Fsp3) is 0.270. The molecule has 0 heterocycles. The lowest BCUT2D eigenvalue weighted by atomic mass is 9.81. The molecule has 7 aromatic rings. The molecule has 0 aliphatic heterocycles. The number of carbonyl (C=O) groups is 6. The highest BCUT2D eigenvalue weighted by atomic mass is 16.9. The van der Waals surface area contributed by atoms with Gasteiger partial charge in [0.2, 0.25) is 5.91 Å². The van der Waals surface area contributed by atoms with E-state index in [1.54, 1.807) is 159 Å². The fourth-order valence-electron chi connectivity index (χ4n) is 9.31. The minimum Gasteiger partial charge on any atom is -0.459 e. The van der Waals surface area contributed by atoms with Gasteiger partial charge in [0.25, 0.3) is 6.04 Å². The van der Waals surface area contributed by atoms with Crippen molar-refractivity contribution in [3.63, 3.8) is 0 Å². The molecule has 81 heavy (non-hydrogen) atoms. The maximum Gasteiger partial charge on any atom is 0.454 e. The molecule has 0 saturated carbocycles. The molecule has 0 aliphatic rings. The number of fused-ring (bicyclic) bond motifs is 1. The van der Waals surface area contributed by atoms with E-state index in [0.29, 0.717) is 33.2 Å². The topological polar surface area (TPSA) is 311 Å². The molecule has 0 fully saturated rings. The molecule has 0 radical (unpaired) electrons. The first-order valence-corrected chi connectivity index (χ1v) is 26.3. The summed E-state index contributed by atoms with van der Waals surface area (Å²) in [5.74, 6) is -14.3. The van der Waals surface area contributed by atoms with E-state index in [9.17, 15) is 14.7 Å². The molecule has 0 bridgehead atoms. The Kier molecular flexibility index (Phi) is 20.0. The Bertz CT molecular complexity index is 3250. The molecular weight excluding hydrogens is 1030 g/mol. The van der Waals surface area contributed by atoms with E-state index in [4.69, 9.17) is 52.5 Å². The number of hydroxylamine groups is 1. The van der Waals surface area contributed by atoms with Crippen LogP contribution in [0.25, 0.3) is 10.8 Å². The Labute approximate surface area is 469 Å². The zero-order valence-electron chi connectivity index (χ0n) is 45.1. The van der Waals surface area contributed by atoms with Crippen molar-refractivity contribution in [2.75, 3.05) is 6.61 Å². The number of amides is 1. The maximum atomic E-state index is 15.7. The molecule has 7 rings (SSSR count). The number of hydrogen-bond acceptors (Lipinski definition) is 17. The van der Waals surface area contributed by atoms with E-state index in [-0.39, 0.29) is 19.3 Å². The van der Waals surface area contributed by atoms with Gasteiger partial charge in [0.05, 0.1) is 13.0 Å². The van der Waals surface area contributed by atoms with E-state index in [1.807, 2.05) is 48.5 Å². The van der Waals surface area contributed by atoms with Crippen LogP contribution in [0.4, 0.5) is 0 Å². The molecular formula is C63H68N6O12. The summed E-state index contributed by atoms with van der Waals surface area (Å²) in [5.41, 5.74) is 31.9. The predicted molar refractivity (Wildman–Crippen MR) is 302 cm³/mol. The van der Waals surface area contributed by atoms with Gasteiger partial charge < -0.3 is 57.6 Å². The Morgan fingerprint density at radius 1 is 0.531 bits per heavy atom. The molecule has 18 nitrogen and oxygen atoms in total. The van der Waals surface area contributed by atoms with Crippen LogP contribution in [0.2, 0.25) is 0 Å². The van der Waals surface area contributed by atoms with Crippen LogP contribution in [0.5, 0.6) is 0 Å². The van der Waals surface area contributed by atoms with Crippen LogP contribution in [0.15, 0.2) is 194 Å². The number of carbonyl (C=O) groups excluding carboxylic acids is 6. The molecule has 0 saturated heterocycles. The lowest BCUT2D eigenvalue weighted by Gasteiger charge is -2.41. The minimum absolute atomic E-state index is 0.0925. The van der Waals surface area contributed by atoms with Gasteiger partial charge in [-0.25, -0.2) is 19.2 Å². The van der Waals surface area contributed by atoms with E-state index >= 15 is 19.2 Å². The molecule has 18 heteroatoms. The second-order valence-corrected chi connectivity index (χ2v) is 20.5. The van der Waals surface area contributed by atoms with Gasteiger partial charge >= 0.3 is 35.8 Å². The van der Waals surface area contributed by atoms with Gasteiger partial charge in [0.1, 0.15) is 29.3 Å².